The Morgan fingerprint density at radius 1 is 1.33 bits per heavy atom. The summed E-state index contributed by atoms with van der Waals surface area (Å²) >= 11 is 0. The highest BCUT2D eigenvalue weighted by Gasteiger charge is 2.34. The Labute approximate surface area is 191 Å². The molecule has 2 unspecified atom stereocenters. The third kappa shape index (κ3) is 4.43. The van der Waals surface area contributed by atoms with Crippen molar-refractivity contribution in [2.24, 2.45) is 5.41 Å². The van der Waals surface area contributed by atoms with E-state index in [1.165, 1.54) is 4.90 Å². The molecule has 2 fully saturated rings. The van der Waals surface area contributed by atoms with E-state index in [-0.39, 0.29) is 17.5 Å². The normalized spacial score (nSPS) is 22.1. The molecule has 2 aliphatic rings. The highest BCUT2D eigenvalue weighted by Crippen LogP contribution is 2.29. The van der Waals surface area contributed by atoms with Crippen molar-refractivity contribution in [3.05, 3.63) is 36.9 Å². The largest absolute Gasteiger partial charge is 0.493 e. The smallest absolute Gasteiger partial charge is 0.407 e. The second-order valence-corrected chi connectivity index (χ2v) is 9.32. The van der Waals surface area contributed by atoms with E-state index >= 15 is 0 Å². The first kappa shape index (κ1) is 21.4. The lowest BCUT2D eigenvalue weighted by molar-refractivity contribution is -0.120. The molecular formula is C23H28N6O4. The van der Waals surface area contributed by atoms with Gasteiger partial charge in [-0.15, -0.1) is 0 Å². The highest BCUT2D eigenvalue weighted by atomic mass is 16.5. The van der Waals surface area contributed by atoms with Crippen LogP contribution in [0.4, 0.5) is 10.6 Å². The van der Waals surface area contributed by atoms with Crippen molar-refractivity contribution in [1.82, 2.24) is 24.4 Å². The number of aromatic nitrogens is 4. The Kier molecular flexibility index (Phi) is 5.53. The summed E-state index contributed by atoms with van der Waals surface area (Å²) in [5.74, 6) is 2.02. The molecule has 0 aliphatic carbocycles. The minimum Gasteiger partial charge on any atom is -0.493 e. The number of ether oxygens (including phenoxy) is 2. The van der Waals surface area contributed by atoms with Gasteiger partial charge in [0, 0.05) is 30.1 Å². The predicted molar refractivity (Wildman–Crippen MR) is 122 cm³/mol. The zero-order valence-corrected chi connectivity index (χ0v) is 18.8. The topological polar surface area (TPSA) is 115 Å². The van der Waals surface area contributed by atoms with E-state index in [0.717, 1.165) is 42.8 Å². The number of piperidine rings is 1. The Morgan fingerprint density at radius 2 is 2.18 bits per heavy atom. The number of amides is 1. The van der Waals surface area contributed by atoms with Crippen molar-refractivity contribution in [1.29, 1.82) is 0 Å². The van der Waals surface area contributed by atoms with Crippen LogP contribution in [0.15, 0.2) is 36.9 Å². The first-order valence-electron chi connectivity index (χ1n) is 11.2. The van der Waals surface area contributed by atoms with Crippen molar-refractivity contribution < 1.29 is 19.4 Å². The Hall–Kier alpha value is -3.40. The number of carboxylic acid groups (broad SMARTS) is 1. The van der Waals surface area contributed by atoms with Crippen molar-refractivity contribution in [2.75, 3.05) is 31.7 Å². The van der Waals surface area contributed by atoms with E-state index in [9.17, 15) is 9.90 Å². The Morgan fingerprint density at radius 3 is 2.94 bits per heavy atom. The number of nitrogens with one attached hydrogen (secondary N) is 1. The molecule has 4 heterocycles. The molecular weight excluding hydrogens is 424 g/mol. The molecule has 2 aliphatic heterocycles. The van der Waals surface area contributed by atoms with Gasteiger partial charge in [0.1, 0.15) is 17.9 Å². The Balaban J connectivity index is 1.31. The summed E-state index contributed by atoms with van der Waals surface area (Å²) in [6.07, 6.45) is 5.84. The van der Waals surface area contributed by atoms with Gasteiger partial charge in [-0.2, -0.15) is 0 Å². The van der Waals surface area contributed by atoms with Gasteiger partial charge in [0.25, 0.3) is 0 Å². The van der Waals surface area contributed by atoms with Crippen molar-refractivity contribution >= 4 is 22.9 Å². The van der Waals surface area contributed by atoms with E-state index in [0.29, 0.717) is 24.8 Å². The quantitative estimate of drug-likeness (QED) is 0.586. The van der Waals surface area contributed by atoms with Crippen molar-refractivity contribution in [2.45, 2.75) is 38.8 Å². The molecule has 0 spiro atoms. The molecule has 5 rings (SSSR count). The van der Waals surface area contributed by atoms with Gasteiger partial charge in [-0.3, -0.25) is 9.55 Å². The molecule has 174 valence electrons. The summed E-state index contributed by atoms with van der Waals surface area (Å²) in [5, 5.41) is 12.8. The van der Waals surface area contributed by atoms with Gasteiger partial charge in [-0.1, -0.05) is 6.92 Å². The van der Waals surface area contributed by atoms with E-state index < -0.39 is 6.09 Å². The van der Waals surface area contributed by atoms with Crippen LogP contribution in [-0.2, 0) is 4.74 Å². The minimum absolute atomic E-state index is 0.0102. The molecule has 1 amide bonds. The van der Waals surface area contributed by atoms with Crippen LogP contribution in [0.5, 0.6) is 5.75 Å². The third-order valence-electron chi connectivity index (χ3n) is 6.36. The number of benzene rings is 1. The molecule has 10 heteroatoms. The number of imidazole rings is 1. The van der Waals surface area contributed by atoms with Crippen LogP contribution in [0.3, 0.4) is 0 Å². The molecule has 1 aromatic carbocycles. The summed E-state index contributed by atoms with van der Waals surface area (Å²) in [4.78, 5) is 26.5. The molecule has 10 nitrogen and oxygen atoms in total. The lowest BCUT2D eigenvalue weighted by Gasteiger charge is -2.37. The van der Waals surface area contributed by atoms with Gasteiger partial charge >= 0.3 is 6.09 Å². The van der Waals surface area contributed by atoms with Crippen LogP contribution >= 0.6 is 0 Å². The first-order valence-corrected chi connectivity index (χ1v) is 11.2. The van der Waals surface area contributed by atoms with E-state index in [1.807, 2.05) is 29.7 Å². The Bertz CT molecular complexity index is 1160. The van der Waals surface area contributed by atoms with E-state index in [4.69, 9.17) is 14.5 Å². The maximum atomic E-state index is 11.5. The number of anilines is 1. The van der Waals surface area contributed by atoms with Gasteiger partial charge < -0.3 is 24.8 Å². The van der Waals surface area contributed by atoms with Crippen LogP contribution in [0.2, 0.25) is 0 Å². The van der Waals surface area contributed by atoms with Crippen LogP contribution in [0.25, 0.3) is 16.9 Å². The van der Waals surface area contributed by atoms with Gasteiger partial charge in [0.2, 0.25) is 0 Å². The highest BCUT2D eigenvalue weighted by molar-refractivity contribution is 5.78. The van der Waals surface area contributed by atoms with Gasteiger partial charge in [-0.05, 0) is 31.9 Å². The number of hydrogen-bond acceptors (Lipinski definition) is 7. The van der Waals surface area contributed by atoms with Crippen molar-refractivity contribution in [3.8, 4) is 11.6 Å². The second-order valence-electron chi connectivity index (χ2n) is 9.32. The third-order valence-corrected chi connectivity index (χ3v) is 6.36. The minimum atomic E-state index is -0.891. The zero-order chi connectivity index (χ0) is 23.0. The SMILES string of the molecule is CC1CCC(Nc2cncc(-n3cnc4cc(OCC5(C)COC5)ccc43)n2)CN1C(=O)O. The average molecular weight is 453 g/mol. The lowest BCUT2D eigenvalue weighted by Crippen LogP contribution is -2.49. The monoisotopic (exact) mass is 452 g/mol. The number of fused-ring (bicyclic) bond motifs is 1. The summed E-state index contributed by atoms with van der Waals surface area (Å²) in [6, 6.07) is 5.83. The second kappa shape index (κ2) is 8.51. The maximum absolute atomic E-state index is 11.5. The zero-order valence-electron chi connectivity index (χ0n) is 18.8. The van der Waals surface area contributed by atoms with Gasteiger partial charge in [0.05, 0.1) is 43.2 Å². The van der Waals surface area contributed by atoms with Crippen LogP contribution in [0, 0.1) is 5.41 Å². The lowest BCUT2D eigenvalue weighted by atomic mass is 9.90. The number of rotatable bonds is 6. The first-order chi connectivity index (χ1) is 15.9. The van der Waals surface area contributed by atoms with Gasteiger partial charge in [0.15, 0.2) is 5.82 Å². The van der Waals surface area contributed by atoms with Crippen molar-refractivity contribution in [3.63, 3.8) is 0 Å². The van der Waals surface area contributed by atoms with Gasteiger partial charge in [-0.25, -0.2) is 14.8 Å². The summed E-state index contributed by atoms with van der Waals surface area (Å²) in [5.41, 5.74) is 1.78. The molecule has 2 N–H and O–H groups in total. The van der Waals surface area contributed by atoms with Crippen LogP contribution < -0.4 is 10.1 Å². The molecule has 2 atom stereocenters. The number of hydrogen-bond donors (Lipinski definition) is 2. The molecule has 2 aromatic heterocycles. The summed E-state index contributed by atoms with van der Waals surface area (Å²) < 4.78 is 13.1. The molecule has 0 bridgehead atoms. The summed E-state index contributed by atoms with van der Waals surface area (Å²) in [7, 11) is 0. The number of carbonyl (C=O) groups is 1. The summed E-state index contributed by atoms with van der Waals surface area (Å²) in [6.45, 7) is 6.56. The van der Waals surface area contributed by atoms with E-state index in [1.54, 1.807) is 18.7 Å². The molecule has 0 radical (unpaired) electrons. The molecule has 33 heavy (non-hydrogen) atoms. The number of nitrogens with zero attached hydrogens (tertiary/aromatic N) is 5. The fraction of sp³-hybridized carbons (Fsp3) is 0.478. The fourth-order valence-electron chi connectivity index (χ4n) is 4.30. The molecule has 3 aromatic rings. The van der Waals surface area contributed by atoms with E-state index in [2.05, 4.69) is 22.2 Å². The van der Waals surface area contributed by atoms with Crippen LogP contribution in [-0.4, -0.2) is 74.1 Å². The molecule has 2 saturated heterocycles. The standard InChI is InChI=1S/C23H28N6O4/c1-15-3-4-16(10-28(15)22(30)31)26-20-8-24-9-21(27-20)29-14-25-18-7-17(5-6-19(18)29)33-13-23(2)11-32-12-23/h5-9,14-16H,3-4,10-13H2,1-2H3,(H,26,27)(H,30,31). The van der Waals surface area contributed by atoms with Crippen LogP contribution in [0.1, 0.15) is 26.7 Å². The average Bonchev–Trinajstić information content (AvgIpc) is 3.21. The fourth-order valence-corrected chi connectivity index (χ4v) is 4.30. The number of likely N-dealkylation sites (tertiary alicyclic amines) is 1. The molecule has 0 saturated carbocycles. The maximum Gasteiger partial charge on any atom is 0.407 e. The predicted octanol–water partition coefficient (Wildman–Crippen LogP) is 3.17.